The number of guanidine groups is 1. The van der Waals surface area contributed by atoms with Crippen LogP contribution in [0.5, 0.6) is 0 Å². The predicted octanol–water partition coefficient (Wildman–Crippen LogP) is 4.20. The molecule has 1 N–H and O–H groups in total. The van der Waals surface area contributed by atoms with Gasteiger partial charge in [-0.3, -0.25) is 0 Å². The van der Waals surface area contributed by atoms with Crippen LogP contribution in [0.15, 0.2) is 29.3 Å². The van der Waals surface area contributed by atoms with Gasteiger partial charge in [0.2, 0.25) is 0 Å². The molecule has 6 heteroatoms. The Bertz CT molecular complexity index is 651. The summed E-state index contributed by atoms with van der Waals surface area (Å²) in [5.74, 6) is 1.03. The zero-order valence-corrected chi connectivity index (χ0v) is 20.1. The molecule has 158 valence electrons. The number of halogens is 1. The van der Waals surface area contributed by atoms with Gasteiger partial charge in [0, 0.05) is 31.7 Å². The van der Waals surface area contributed by atoms with E-state index in [-0.39, 0.29) is 29.6 Å². The van der Waals surface area contributed by atoms with Crippen molar-refractivity contribution in [2.24, 2.45) is 10.4 Å². The number of benzene rings is 1. The van der Waals surface area contributed by atoms with Crippen LogP contribution in [-0.2, 0) is 22.6 Å². The molecule has 1 atom stereocenters. The summed E-state index contributed by atoms with van der Waals surface area (Å²) in [6.07, 6.45) is 2.38. The molecule has 2 aliphatic heterocycles. The van der Waals surface area contributed by atoms with Gasteiger partial charge >= 0.3 is 0 Å². The molecule has 1 unspecified atom stereocenters. The first-order chi connectivity index (χ1) is 12.9. The van der Waals surface area contributed by atoms with Crippen molar-refractivity contribution in [2.45, 2.75) is 59.3 Å². The summed E-state index contributed by atoms with van der Waals surface area (Å²) in [5.41, 5.74) is 2.65. The Morgan fingerprint density at radius 2 is 2.07 bits per heavy atom. The topological polar surface area (TPSA) is 46.1 Å². The molecule has 0 saturated carbocycles. The Morgan fingerprint density at radius 3 is 2.75 bits per heavy atom. The third-order valence-electron chi connectivity index (χ3n) is 5.33. The fraction of sp³-hybridized carbons (Fsp3) is 0.682. The molecule has 1 spiro atoms. The molecule has 0 bridgehead atoms. The van der Waals surface area contributed by atoms with E-state index >= 15 is 0 Å². The van der Waals surface area contributed by atoms with Gasteiger partial charge in [-0.2, -0.15) is 0 Å². The third kappa shape index (κ3) is 6.59. The number of hydrogen-bond donors (Lipinski definition) is 1. The average Bonchev–Trinajstić information content (AvgIpc) is 3.27. The van der Waals surface area contributed by atoms with Gasteiger partial charge in [0.25, 0.3) is 0 Å². The van der Waals surface area contributed by atoms with Gasteiger partial charge in [-0.25, -0.2) is 4.99 Å². The first kappa shape index (κ1) is 23.4. The van der Waals surface area contributed by atoms with Gasteiger partial charge in [0.15, 0.2) is 5.96 Å². The molecule has 1 aromatic carbocycles. The van der Waals surface area contributed by atoms with Gasteiger partial charge < -0.3 is 19.7 Å². The lowest BCUT2D eigenvalue weighted by molar-refractivity contribution is -0.0149. The van der Waals surface area contributed by atoms with Crippen molar-refractivity contribution in [3.63, 3.8) is 0 Å². The predicted molar refractivity (Wildman–Crippen MR) is 125 cm³/mol. The number of hydrogen-bond acceptors (Lipinski definition) is 3. The molecule has 3 rings (SSSR count). The normalized spacial score (nSPS) is 22.6. The highest BCUT2D eigenvalue weighted by Crippen LogP contribution is 2.38. The van der Waals surface area contributed by atoms with Crippen LogP contribution in [0.4, 0.5) is 0 Å². The van der Waals surface area contributed by atoms with E-state index in [1.165, 1.54) is 24.0 Å². The lowest BCUT2D eigenvalue weighted by atomic mass is 9.87. The Morgan fingerprint density at radius 1 is 1.29 bits per heavy atom. The number of rotatable bonds is 5. The maximum Gasteiger partial charge on any atom is 0.194 e. The van der Waals surface area contributed by atoms with Crippen molar-refractivity contribution in [1.82, 2.24) is 10.2 Å². The summed E-state index contributed by atoms with van der Waals surface area (Å²) < 4.78 is 11.6. The van der Waals surface area contributed by atoms with Crippen LogP contribution in [0.3, 0.4) is 0 Å². The third-order valence-corrected chi connectivity index (χ3v) is 5.33. The van der Waals surface area contributed by atoms with Crippen LogP contribution in [0.25, 0.3) is 0 Å². The second-order valence-corrected chi connectivity index (χ2v) is 8.87. The van der Waals surface area contributed by atoms with Crippen LogP contribution < -0.4 is 5.32 Å². The highest BCUT2D eigenvalue weighted by atomic mass is 127. The summed E-state index contributed by atoms with van der Waals surface area (Å²) in [7, 11) is 0. The van der Waals surface area contributed by atoms with Crippen molar-refractivity contribution in [2.75, 3.05) is 32.8 Å². The summed E-state index contributed by atoms with van der Waals surface area (Å²) >= 11 is 0. The largest absolute Gasteiger partial charge is 0.381 e. The van der Waals surface area contributed by atoms with Crippen LogP contribution in [0.1, 0.15) is 51.7 Å². The van der Waals surface area contributed by atoms with Gasteiger partial charge in [-0.05, 0) is 51.7 Å². The van der Waals surface area contributed by atoms with Crippen molar-refractivity contribution in [3.8, 4) is 0 Å². The Kier molecular flexibility index (Phi) is 8.58. The van der Waals surface area contributed by atoms with Gasteiger partial charge in [-0.15, -0.1) is 24.0 Å². The van der Waals surface area contributed by atoms with E-state index in [9.17, 15) is 0 Å². The lowest BCUT2D eigenvalue weighted by Crippen LogP contribution is -2.41. The van der Waals surface area contributed by atoms with Gasteiger partial charge in [0.05, 0.1) is 25.4 Å². The van der Waals surface area contributed by atoms with Crippen LogP contribution in [0.2, 0.25) is 0 Å². The maximum atomic E-state index is 5.90. The SMILES string of the molecule is CCNC(=NCc1cccc(COC(C)(C)C)c1)N1CCC2(CCOC2)C1.I. The molecule has 1 aromatic rings. The van der Waals surface area contributed by atoms with E-state index in [4.69, 9.17) is 14.5 Å². The van der Waals surface area contributed by atoms with E-state index in [0.29, 0.717) is 18.6 Å². The number of nitrogens with one attached hydrogen (secondary N) is 1. The van der Waals surface area contributed by atoms with Gasteiger partial charge in [0.1, 0.15) is 0 Å². The zero-order chi connectivity index (χ0) is 19.3. The second kappa shape index (κ2) is 10.3. The van der Waals surface area contributed by atoms with E-state index in [2.05, 4.69) is 62.2 Å². The van der Waals surface area contributed by atoms with Crippen LogP contribution in [-0.4, -0.2) is 49.3 Å². The molecular weight excluding hydrogens is 465 g/mol. The van der Waals surface area contributed by atoms with E-state index < -0.39 is 0 Å². The number of nitrogens with zero attached hydrogens (tertiary/aromatic N) is 2. The van der Waals surface area contributed by atoms with Crippen molar-refractivity contribution >= 4 is 29.9 Å². The highest BCUT2D eigenvalue weighted by molar-refractivity contribution is 14.0. The highest BCUT2D eigenvalue weighted by Gasteiger charge is 2.42. The zero-order valence-electron chi connectivity index (χ0n) is 17.8. The quantitative estimate of drug-likeness (QED) is 0.374. The van der Waals surface area contributed by atoms with E-state index in [1.54, 1.807) is 0 Å². The molecule has 2 aliphatic rings. The maximum absolute atomic E-state index is 5.90. The molecule has 28 heavy (non-hydrogen) atoms. The molecule has 0 amide bonds. The molecule has 5 nitrogen and oxygen atoms in total. The first-order valence-electron chi connectivity index (χ1n) is 10.2. The first-order valence-corrected chi connectivity index (χ1v) is 10.2. The minimum absolute atomic E-state index is 0. The Labute approximate surface area is 187 Å². The van der Waals surface area contributed by atoms with E-state index in [0.717, 1.165) is 38.8 Å². The molecule has 2 saturated heterocycles. The standard InChI is InChI=1S/C22H35N3O2.HI/c1-5-23-20(25-11-9-22(16-25)10-12-26-17-22)24-14-18-7-6-8-19(13-18)15-27-21(2,3)4;/h6-8,13H,5,9-12,14-17H2,1-4H3,(H,23,24);1H. The Balaban J connectivity index is 0.00000280. The van der Waals surface area contributed by atoms with Crippen molar-refractivity contribution in [3.05, 3.63) is 35.4 Å². The second-order valence-electron chi connectivity index (χ2n) is 8.87. The van der Waals surface area contributed by atoms with E-state index in [1.807, 2.05) is 0 Å². The smallest absolute Gasteiger partial charge is 0.194 e. The van der Waals surface area contributed by atoms with Crippen molar-refractivity contribution < 1.29 is 9.47 Å². The fourth-order valence-corrected chi connectivity index (χ4v) is 3.80. The number of ether oxygens (including phenoxy) is 2. The average molecular weight is 501 g/mol. The molecule has 0 radical (unpaired) electrons. The summed E-state index contributed by atoms with van der Waals surface area (Å²) in [6, 6.07) is 8.56. The van der Waals surface area contributed by atoms with Crippen molar-refractivity contribution in [1.29, 1.82) is 0 Å². The molecular formula is C22H36IN3O2. The van der Waals surface area contributed by atoms with Crippen LogP contribution >= 0.6 is 24.0 Å². The number of aliphatic imine (C=N–C) groups is 1. The minimum atomic E-state index is -0.123. The summed E-state index contributed by atoms with van der Waals surface area (Å²) in [4.78, 5) is 7.33. The summed E-state index contributed by atoms with van der Waals surface area (Å²) in [5, 5.41) is 3.47. The molecule has 2 fully saturated rings. The molecule has 0 aliphatic carbocycles. The van der Waals surface area contributed by atoms with Crippen LogP contribution in [0, 0.1) is 5.41 Å². The fourth-order valence-electron chi connectivity index (χ4n) is 3.80. The molecule has 2 heterocycles. The minimum Gasteiger partial charge on any atom is -0.381 e. The van der Waals surface area contributed by atoms with Gasteiger partial charge in [-0.1, -0.05) is 24.3 Å². The molecule has 0 aromatic heterocycles. The number of likely N-dealkylation sites (tertiary alicyclic amines) is 1. The monoisotopic (exact) mass is 501 g/mol. The lowest BCUT2D eigenvalue weighted by Gasteiger charge is -2.25. The summed E-state index contributed by atoms with van der Waals surface area (Å²) in [6.45, 7) is 14.5. The Hall–Kier alpha value is -0.860.